The predicted octanol–water partition coefficient (Wildman–Crippen LogP) is 1.26. The number of halogens is 1. The number of nitrogen functional groups attached to an aromatic ring is 1. The Morgan fingerprint density at radius 2 is 2.35 bits per heavy atom. The summed E-state index contributed by atoms with van der Waals surface area (Å²) >= 11 is 5.77. The molecular formula is C9H8ClN5O2. The molecule has 0 aliphatic rings. The van der Waals surface area contributed by atoms with E-state index in [9.17, 15) is 4.79 Å². The van der Waals surface area contributed by atoms with Crippen molar-refractivity contribution in [3.05, 3.63) is 28.8 Å². The minimum atomic E-state index is -0.515. The van der Waals surface area contributed by atoms with Crippen LogP contribution in [0.25, 0.3) is 0 Å². The van der Waals surface area contributed by atoms with Crippen LogP contribution in [0.4, 0.5) is 11.7 Å². The van der Waals surface area contributed by atoms with Gasteiger partial charge in [0.15, 0.2) is 5.82 Å². The van der Waals surface area contributed by atoms with Gasteiger partial charge in [0, 0.05) is 0 Å². The van der Waals surface area contributed by atoms with Crippen LogP contribution in [0.5, 0.6) is 0 Å². The number of nitrogens with two attached hydrogens (primary N) is 1. The van der Waals surface area contributed by atoms with Crippen LogP contribution in [0.1, 0.15) is 16.2 Å². The first-order valence-corrected chi connectivity index (χ1v) is 4.97. The van der Waals surface area contributed by atoms with E-state index < -0.39 is 5.91 Å². The number of amides is 1. The Bertz CT molecular complexity index is 568. The van der Waals surface area contributed by atoms with E-state index in [-0.39, 0.29) is 16.7 Å². The van der Waals surface area contributed by atoms with E-state index in [1.807, 2.05) is 0 Å². The first-order chi connectivity index (χ1) is 8.06. The Morgan fingerprint density at radius 3 is 3.00 bits per heavy atom. The summed E-state index contributed by atoms with van der Waals surface area (Å²) in [6.07, 6.45) is 1.36. The van der Waals surface area contributed by atoms with E-state index in [2.05, 4.69) is 20.4 Å². The van der Waals surface area contributed by atoms with Gasteiger partial charge in [0.2, 0.25) is 0 Å². The highest BCUT2D eigenvalue weighted by Crippen LogP contribution is 2.17. The van der Waals surface area contributed by atoms with Crippen molar-refractivity contribution < 1.29 is 9.32 Å². The third kappa shape index (κ3) is 2.51. The summed E-state index contributed by atoms with van der Waals surface area (Å²) in [5.41, 5.74) is 5.99. The fraction of sp³-hybridized carbons (Fsp3) is 0.111. The number of pyridine rings is 1. The standard InChI is InChI=1S/C9H8ClN5O2/c1-4-13-9(17-15-4)14-8(16)6-2-5(11)3-12-7(6)10/h2-3H,11H2,1H3,(H,13,14,15,16). The Balaban J connectivity index is 2.22. The number of carbonyl (C=O) groups is 1. The predicted molar refractivity (Wildman–Crippen MR) is 60.6 cm³/mol. The first-order valence-electron chi connectivity index (χ1n) is 4.59. The minimum Gasteiger partial charge on any atom is -0.397 e. The Labute approximate surface area is 101 Å². The molecule has 2 heterocycles. The van der Waals surface area contributed by atoms with E-state index in [0.29, 0.717) is 11.5 Å². The van der Waals surface area contributed by atoms with Crippen LogP contribution in [-0.4, -0.2) is 21.0 Å². The van der Waals surface area contributed by atoms with Crippen molar-refractivity contribution in [3.8, 4) is 0 Å². The third-order valence-electron chi connectivity index (χ3n) is 1.85. The fourth-order valence-corrected chi connectivity index (χ4v) is 1.32. The molecule has 0 spiro atoms. The highest BCUT2D eigenvalue weighted by molar-refractivity contribution is 6.33. The van der Waals surface area contributed by atoms with E-state index in [0.717, 1.165) is 0 Å². The smallest absolute Gasteiger partial charge is 0.328 e. The molecule has 0 bridgehead atoms. The number of carbonyl (C=O) groups excluding carboxylic acids is 1. The molecule has 7 nitrogen and oxygen atoms in total. The van der Waals surface area contributed by atoms with Crippen LogP contribution in [0.3, 0.4) is 0 Å². The lowest BCUT2D eigenvalue weighted by Crippen LogP contribution is -2.13. The van der Waals surface area contributed by atoms with Gasteiger partial charge in [-0.25, -0.2) is 4.98 Å². The molecule has 0 fully saturated rings. The number of nitrogens with one attached hydrogen (secondary N) is 1. The molecule has 0 saturated carbocycles. The number of hydrogen-bond acceptors (Lipinski definition) is 6. The zero-order valence-corrected chi connectivity index (χ0v) is 9.52. The van der Waals surface area contributed by atoms with Crippen LogP contribution in [0.2, 0.25) is 5.15 Å². The Kier molecular flexibility index (Phi) is 2.92. The van der Waals surface area contributed by atoms with Gasteiger partial charge in [-0.15, -0.1) is 0 Å². The summed E-state index contributed by atoms with van der Waals surface area (Å²) < 4.78 is 4.74. The molecule has 2 aromatic rings. The Morgan fingerprint density at radius 1 is 1.59 bits per heavy atom. The normalized spacial score (nSPS) is 10.2. The first kappa shape index (κ1) is 11.3. The van der Waals surface area contributed by atoms with Crippen LogP contribution >= 0.6 is 11.6 Å². The van der Waals surface area contributed by atoms with Gasteiger partial charge in [-0.05, 0) is 13.0 Å². The van der Waals surface area contributed by atoms with Gasteiger partial charge in [-0.2, -0.15) is 4.98 Å². The van der Waals surface area contributed by atoms with Crippen LogP contribution in [-0.2, 0) is 0 Å². The highest BCUT2D eigenvalue weighted by Gasteiger charge is 2.14. The molecule has 3 N–H and O–H groups in total. The quantitative estimate of drug-likeness (QED) is 0.780. The second kappa shape index (κ2) is 4.38. The number of rotatable bonds is 2. The molecule has 0 aromatic carbocycles. The van der Waals surface area contributed by atoms with Gasteiger partial charge in [0.05, 0.1) is 17.4 Å². The molecule has 0 aliphatic heterocycles. The van der Waals surface area contributed by atoms with E-state index in [4.69, 9.17) is 21.9 Å². The summed E-state index contributed by atoms with van der Waals surface area (Å²) in [5.74, 6) is -0.101. The highest BCUT2D eigenvalue weighted by atomic mass is 35.5. The van der Waals surface area contributed by atoms with Crippen LogP contribution < -0.4 is 11.1 Å². The molecule has 0 aliphatic carbocycles. The molecule has 0 unspecified atom stereocenters. The van der Waals surface area contributed by atoms with Crippen molar-refractivity contribution >= 4 is 29.2 Å². The lowest BCUT2D eigenvalue weighted by molar-refractivity contribution is 0.102. The maximum atomic E-state index is 11.8. The van der Waals surface area contributed by atoms with Gasteiger partial charge >= 0.3 is 6.01 Å². The number of aromatic nitrogens is 3. The molecule has 2 rings (SSSR count). The summed E-state index contributed by atoms with van der Waals surface area (Å²) in [4.78, 5) is 19.4. The number of aryl methyl sites for hydroxylation is 1. The van der Waals surface area contributed by atoms with Crippen molar-refractivity contribution in [2.45, 2.75) is 6.92 Å². The second-order valence-electron chi connectivity index (χ2n) is 3.21. The van der Waals surface area contributed by atoms with Gasteiger partial charge < -0.3 is 10.3 Å². The van der Waals surface area contributed by atoms with E-state index >= 15 is 0 Å². The van der Waals surface area contributed by atoms with Gasteiger partial charge in [0.25, 0.3) is 5.91 Å². The summed E-state index contributed by atoms with van der Waals surface area (Å²) in [5, 5.41) is 5.97. The van der Waals surface area contributed by atoms with Crippen molar-refractivity contribution in [2.24, 2.45) is 0 Å². The molecule has 88 valence electrons. The number of hydrogen-bond donors (Lipinski definition) is 2. The van der Waals surface area contributed by atoms with E-state index in [1.54, 1.807) is 6.92 Å². The summed E-state index contributed by atoms with van der Waals surface area (Å²) in [6, 6.07) is 1.40. The lowest BCUT2D eigenvalue weighted by Gasteiger charge is -2.02. The van der Waals surface area contributed by atoms with Crippen LogP contribution in [0, 0.1) is 6.92 Å². The lowest BCUT2D eigenvalue weighted by atomic mass is 10.2. The van der Waals surface area contributed by atoms with Gasteiger partial charge in [-0.3, -0.25) is 10.1 Å². The van der Waals surface area contributed by atoms with Gasteiger partial charge in [0.1, 0.15) is 5.15 Å². The van der Waals surface area contributed by atoms with Crippen LogP contribution in [0.15, 0.2) is 16.8 Å². The average molecular weight is 254 g/mol. The molecule has 0 atom stereocenters. The SMILES string of the molecule is Cc1noc(NC(=O)c2cc(N)cnc2Cl)n1. The van der Waals surface area contributed by atoms with Gasteiger partial charge in [-0.1, -0.05) is 16.8 Å². The molecule has 2 aromatic heterocycles. The number of nitrogens with zero attached hydrogens (tertiary/aromatic N) is 3. The monoisotopic (exact) mass is 253 g/mol. The second-order valence-corrected chi connectivity index (χ2v) is 3.57. The zero-order chi connectivity index (χ0) is 12.4. The topological polar surface area (TPSA) is 107 Å². The van der Waals surface area contributed by atoms with E-state index in [1.165, 1.54) is 12.3 Å². The number of anilines is 2. The fourth-order valence-electron chi connectivity index (χ4n) is 1.14. The van der Waals surface area contributed by atoms with Crippen molar-refractivity contribution in [3.63, 3.8) is 0 Å². The van der Waals surface area contributed by atoms with Crippen molar-refractivity contribution in [1.82, 2.24) is 15.1 Å². The summed E-state index contributed by atoms with van der Waals surface area (Å²) in [6.45, 7) is 1.63. The molecule has 1 amide bonds. The molecular weight excluding hydrogens is 246 g/mol. The molecule has 8 heteroatoms. The van der Waals surface area contributed by atoms with Crippen molar-refractivity contribution in [1.29, 1.82) is 0 Å². The van der Waals surface area contributed by atoms with Crippen molar-refractivity contribution in [2.75, 3.05) is 11.1 Å². The maximum absolute atomic E-state index is 11.8. The molecule has 17 heavy (non-hydrogen) atoms. The zero-order valence-electron chi connectivity index (χ0n) is 8.77. The third-order valence-corrected chi connectivity index (χ3v) is 2.15. The Hall–Kier alpha value is -2.15. The molecule has 0 saturated heterocycles. The average Bonchev–Trinajstić information content (AvgIpc) is 2.67. The molecule has 0 radical (unpaired) electrons. The minimum absolute atomic E-state index is 0.00834. The maximum Gasteiger partial charge on any atom is 0.328 e. The summed E-state index contributed by atoms with van der Waals surface area (Å²) in [7, 11) is 0. The largest absolute Gasteiger partial charge is 0.397 e.